The molecule has 0 bridgehead atoms. The standard InChI is InChI=1S/C21H14F5N5O/c1-31-19(32)21(30-20(31)27,11-2-3-29-16(7-11)18(25)26)12-5-14(17(24)15(23)6-12)10-4-13(22)9-28-8-10/h2-9,18H,1H3,(H2,27,30). The van der Waals surface area contributed by atoms with Crippen molar-refractivity contribution in [3.8, 4) is 11.1 Å². The molecule has 164 valence electrons. The number of rotatable bonds is 4. The van der Waals surface area contributed by atoms with Crippen molar-refractivity contribution in [3.63, 3.8) is 0 Å². The number of amides is 1. The molecule has 1 unspecified atom stereocenters. The van der Waals surface area contributed by atoms with Crippen LogP contribution in [-0.4, -0.2) is 33.8 Å². The summed E-state index contributed by atoms with van der Waals surface area (Å²) in [6, 6.07) is 4.95. The number of carbonyl (C=O) groups excluding carboxylic acids is 1. The van der Waals surface area contributed by atoms with Gasteiger partial charge >= 0.3 is 0 Å². The van der Waals surface area contributed by atoms with Gasteiger partial charge in [0.15, 0.2) is 23.1 Å². The van der Waals surface area contributed by atoms with Crippen LogP contribution < -0.4 is 5.73 Å². The maximum Gasteiger partial charge on any atom is 0.280 e. The maximum absolute atomic E-state index is 14.7. The Hall–Kier alpha value is -3.89. The quantitative estimate of drug-likeness (QED) is 0.621. The van der Waals surface area contributed by atoms with Crippen molar-refractivity contribution in [1.82, 2.24) is 14.9 Å². The molecular weight excluding hydrogens is 433 g/mol. The molecule has 0 saturated carbocycles. The van der Waals surface area contributed by atoms with Crippen LogP contribution in [0.5, 0.6) is 0 Å². The third kappa shape index (κ3) is 3.26. The van der Waals surface area contributed by atoms with Gasteiger partial charge in [-0.1, -0.05) is 0 Å². The van der Waals surface area contributed by atoms with E-state index in [2.05, 4.69) is 15.0 Å². The summed E-state index contributed by atoms with van der Waals surface area (Å²) >= 11 is 0. The lowest BCUT2D eigenvalue weighted by molar-refractivity contribution is -0.129. The molecule has 1 atom stereocenters. The second-order valence-electron chi connectivity index (χ2n) is 7.03. The van der Waals surface area contributed by atoms with Crippen LogP contribution in [-0.2, 0) is 10.3 Å². The van der Waals surface area contributed by atoms with Crippen LogP contribution in [0.4, 0.5) is 22.0 Å². The zero-order valence-corrected chi connectivity index (χ0v) is 16.4. The lowest BCUT2D eigenvalue weighted by Gasteiger charge is -2.27. The van der Waals surface area contributed by atoms with Crippen LogP contribution in [0.25, 0.3) is 11.1 Å². The van der Waals surface area contributed by atoms with Gasteiger partial charge in [0, 0.05) is 30.6 Å². The van der Waals surface area contributed by atoms with Gasteiger partial charge in [-0.3, -0.25) is 19.7 Å². The fourth-order valence-corrected chi connectivity index (χ4v) is 3.54. The number of carbonyl (C=O) groups is 1. The molecule has 0 fully saturated rings. The van der Waals surface area contributed by atoms with Crippen molar-refractivity contribution in [1.29, 1.82) is 0 Å². The van der Waals surface area contributed by atoms with Gasteiger partial charge in [-0.25, -0.2) is 26.9 Å². The number of likely N-dealkylation sites (N-methyl/N-ethyl adjacent to an activating group) is 1. The third-order valence-corrected chi connectivity index (χ3v) is 5.12. The van der Waals surface area contributed by atoms with Crippen molar-refractivity contribution in [2.75, 3.05) is 7.05 Å². The lowest BCUT2D eigenvalue weighted by atomic mass is 9.81. The second-order valence-corrected chi connectivity index (χ2v) is 7.03. The number of nitrogens with zero attached hydrogens (tertiary/aromatic N) is 4. The molecule has 3 aromatic rings. The number of guanidine groups is 1. The SMILES string of the molecule is CN1C(=O)C(c2ccnc(C(F)F)c2)(c2cc(F)c(F)c(-c3cncc(F)c3)c2)N=C1N. The number of aliphatic imine (C=N–C) groups is 1. The smallest absolute Gasteiger partial charge is 0.280 e. The summed E-state index contributed by atoms with van der Waals surface area (Å²) in [4.78, 5) is 25.6. The highest BCUT2D eigenvalue weighted by Crippen LogP contribution is 2.42. The van der Waals surface area contributed by atoms with E-state index in [1.807, 2.05) is 0 Å². The van der Waals surface area contributed by atoms with Gasteiger partial charge in [0.2, 0.25) is 0 Å². The van der Waals surface area contributed by atoms with E-state index in [0.29, 0.717) is 0 Å². The highest BCUT2D eigenvalue weighted by molar-refractivity contribution is 6.09. The fourth-order valence-electron chi connectivity index (χ4n) is 3.54. The zero-order chi connectivity index (χ0) is 23.2. The molecule has 1 aromatic carbocycles. The summed E-state index contributed by atoms with van der Waals surface area (Å²) in [5.74, 6) is -4.51. The first-order valence-corrected chi connectivity index (χ1v) is 9.13. The lowest BCUT2D eigenvalue weighted by Crippen LogP contribution is -2.41. The van der Waals surface area contributed by atoms with Crippen molar-refractivity contribution in [3.05, 3.63) is 83.2 Å². The van der Waals surface area contributed by atoms with Gasteiger partial charge in [-0.2, -0.15) is 0 Å². The van der Waals surface area contributed by atoms with Crippen LogP contribution in [0.1, 0.15) is 23.2 Å². The monoisotopic (exact) mass is 447 g/mol. The van der Waals surface area contributed by atoms with E-state index in [1.165, 1.54) is 13.1 Å². The number of aromatic nitrogens is 2. The van der Waals surface area contributed by atoms with E-state index in [-0.39, 0.29) is 22.6 Å². The van der Waals surface area contributed by atoms with Crippen LogP contribution in [0.15, 0.2) is 53.9 Å². The summed E-state index contributed by atoms with van der Waals surface area (Å²) < 4.78 is 69.5. The first-order valence-electron chi connectivity index (χ1n) is 9.13. The average molecular weight is 447 g/mol. The number of hydrogen-bond acceptors (Lipinski definition) is 5. The predicted molar refractivity (Wildman–Crippen MR) is 104 cm³/mol. The number of nitrogens with two attached hydrogens (primary N) is 1. The summed E-state index contributed by atoms with van der Waals surface area (Å²) in [7, 11) is 1.30. The topological polar surface area (TPSA) is 84.5 Å². The van der Waals surface area contributed by atoms with Gasteiger partial charge in [0.25, 0.3) is 12.3 Å². The van der Waals surface area contributed by atoms with Crippen LogP contribution in [0.2, 0.25) is 0 Å². The summed E-state index contributed by atoms with van der Waals surface area (Å²) in [5.41, 5.74) is 2.32. The number of pyridine rings is 2. The van der Waals surface area contributed by atoms with Crippen molar-refractivity contribution in [2.24, 2.45) is 10.7 Å². The Morgan fingerprint density at radius 1 is 1.06 bits per heavy atom. The highest BCUT2D eigenvalue weighted by atomic mass is 19.3. The van der Waals surface area contributed by atoms with Gasteiger partial charge in [-0.15, -0.1) is 0 Å². The Labute approximate surface area is 178 Å². The molecule has 0 radical (unpaired) electrons. The second kappa shape index (κ2) is 7.66. The molecule has 1 amide bonds. The molecule has 6 nitrogen and oxygen atoms in total. The van der Waals surface area contributed by atoms with Crippen molar-refractivity contribution in [2.45, 2.75) is 12.0 Å². The van der Waals surface area contributed by atoms with Gasteiger partial charge in [0.1, 0.15) is 11.5 Å². The molecular formula is C21H14F5N5O. The summed E-state index contributed by atoms with van der Waals surface area (Å²) in [6.45, 7) is 0. The largest absolute Gasteiger partial charge is 0.369 e. The zero-order valence-electron chi connectivity index (χ0n) is 16.4. The fraction of sp³-hybridized carbons (Fsp3) is 0.143. The Balaban J connectivity index is 2.03. The molecule has 4 rings (SSSR count). The first-order chi connectivity index (χ1) is 15.1. The Morgan fingerprint density at radius 3 is 2.44 bits per heavy atom. The normalized spacial score (nSPS) is 18.4. The maximum atomic E-state index is 14.7. The van der Waals surface area contributed by atoms with Crippen LogP contribution in [0, 0.1) is 17.5 Å². The molecule has 11 heteroatoms. The Morgan fingerprint density at radius 2 is 1.81 bits per heavy atom. The molecule has 0 spiro atoms. The van der Waals surface area contributed by atoms with E-state index in [0.717, 1.165) is 47.8 Å². The van der Waals surface area contributed by atoms with Gasteiger partial charge in [0.05, 0.1) is 6.20 Å². The van der Waals surface area contributed by atoms with Gasteiger partial charge in [-0.05, 0) is 41.5 Å². The number of hydrogen-bond donors (Lipinski definition) is 1. The van der Waals surface area contributed by atoms with Crippen molar-refractivity contribution < 1.29 is 26.7 Å². The minimum atomic E-state index is -2.96. The molecule has 2 aromatic heterocycles. The Kier molecular flexibility index (Phi) is 5.11. The van der Waals surface area contributed by atoms with E-state index >= 15 is 0 Å². The minimum absolute atomic E-state index is 0.0746. The van der Waals surface area contributed by atoms with E-state index in [4.69, 9.17) is 5.73 Å². The molecule has 1 aliphatic heterocycles. The molecule has 0 saturated heterocycles. The van der Waals surface area contributed by atoms with Crippen LogP contribution >= 0.6 is 0 Å². The number of benzene rings is 1. The molecule has 2 N–H and O–H groups in total. The number of alkyl halides is 2. The highest BCUT2D eigenvalue weighted by Gasteiger charge is 2.50. The first kappa shape index (κ1) is 21.3. The third-order valence-electron chi connectivity index (χ3n) is 5.12. The minimum Gasteiger partial charge on any atom is -0.369 e. The summed E-state index contributed by atoms with van der Waals surface area (Å²) in [6.07, 6.45) is 0.0832. The van der Waals surface area contributed by atoms with E-state index < -0.39 is 46.6 Å². The number of halogens is 5. The van der Waals surface area contributed by atoms with E-state index in [9.17, 15) is 26.7 Å². The van der Waals surface area contributed by atoms with E-state index in [1.54, 1.807) is 0 Å². The van der Waals surface area contributed by atoms with Gasteiger partial charge < -0.3 is 5.73 Å². The molecule has 0 aliphatic carbocycles. The predicted octanol–water partition coefficient (Wildman–Crippen LogP) is 3.53. The molecule has 32 heavy (non-hydrogen) atoms. The molecule has 3 heterocycles. The average Bonchev–Trinajstić information content (AvgIpc) is 3.00. The summed E-state index contributed by atoms with van der Waals surface area (Å²) in [5, 5.41) is 0. The van der Waals surface area contributed by atoms with Crippen molar-refractivity contribution >= 4 is 11.9 Å². The Bertz CT molecular complexity index is 1270. The van der Waals surface area contributed by atoms with Crippen LogP contribution in [0.3, 0.4) is 0 Å². The molecule has 1 aliphatic rings.